The van der Waals surface area contributed by atoms with Gasteiger partial charge in [-0.15, -0.1) is 0 Å². The number of nitrogens with zero attached hydrogens (tertiary/aromatic N) is 2. The molecule has 6 nitrogen and oxygen atoms in total. The van der Waals surface area contributed by atoms with Crippen LogP contribution >= 0.6 is 0 Å². The molecule has 1 aromatic heterocycles. The molecule has 1 atom stereocenters. The van der Waals surface area contributed by atoms with E-state index in [9.17, 15) is 9.90 Å². The van der Waals surface area contributed by atoms with Gasteiger partial charge in [-0.05, 0) is 12.8 Å². The Bertz CT molecular complexity index is 693. The van der Waals surface area contributed by atoms with Crippen molar-refractivity contribution in [3.8, 4) is 11.5 Å². The summed E-state index contributed by atoms with van der Waals surface area (Å²) in [5, 5.41) is 9.49. The van der Waals surface area contributed by atoms with E-state index in [1.54, 1.807) is 0 Å². The molecule has 0 amide bonds. The predicted molar refractivity (Wildman–Crippen MR) is 76.8 cm³/mol. The minimum absolute atomic E-state index is 0.194. The third-order valence-electron chi connectivity index (χ3n) is 3.71. The van der Waals surface area contributed by atoms with E-state index < -0.39 is 12.0 Å². The van der Waals surface area contributed by atoms with Crippen LogP contribution in [0.1, 0.15) is 38.6 Å². The lowest BCUT2D eigenvalue weighted by Gasteiger charge is -2.16. The largest absolute Gasteiger partial charge is 0.480 e. The Balaban J connectivity index is 2.22. The van der Waals surface area contributed by atoms with Crippen molar-refractivity contribution >= 4 is 17.0 Å². The average Bonchev–Trinajstić information content (AvgIpc) is 3.02. The lowest BCUT2D eigenvalue weighted by Crippen LogP contribution is -2.20. The quantitative estimate of drug-likeness (QED) is 0.916. The first-order chi connectivity index (χ1) is 10.2. The highest BCUT2D eigenvalue weighted by Crippen LogP contribution is 2.37. The van der Waals surface area contributed by atoms with Gasteiger partial charge in [-0.3, -0.25) is 0 Å². The Labute approximate surface area is 122 Å². The molecule has 0 spiro atoms. The number of carboxylic acids is 1. The first-order valence-corrected chi connectivity index (χ1v) is 7.19. The Morgan fingerprint density at radius 1 is 1.38 bits per heavy atom. The number of hydrogen-bond donors (Lipinski definition) is 1. The first kappa shape index (κ1) is 13.7. The number of carbonyl (C=O) groups is 1. The van der Waals surface area contributed by atoms with Crippen molar-refractivity contribution in [2.24, 2.45) is 0 Å². The first-order valence-electron chi connectivity index (χ1n) is 7.19. The normalized spacial score (nSPS) is 14.6. The predicted octanol–water partition coefficient (Wildman–Crippen LogP) is 2.75. The second kappa shape index (κ2) is 5.27. The average molecular weight is 290 g/mol. The van der Waals surface area contributed by atoms with Gasteiger partial charge in [-0.2, -0.15) is 0 Å². The maximum absolute atomic E-state index is 11.6. The second-order valence-corrected chi connectivity index (χ2v) is 5.10. The third kappa shape index (κ3) is 2.20. The van der Waals surface area contributed by atoms with Crippen molar-refractivity contribution in [1.29, 1.82) is 0 Å². The van der Waals surface area contributed by atoms with E-state index in [-0.39, 0.29) is 6.79 Å². The molecular formula is C15H18N2O4. The molecule has 112 valence electrons. The van der Waals surface area contributed by atoms with Gasteiger partial charge >= 0.3 is 5.97 Å². The van der Waals surface area contributed by atoms with Gasteiger partial charge in [0, 0.05) is 18.6 Å². The Hall–Kier alpha value is -2.24. The van der Waals surface area contributed by atoms with Crippen LogP contribution in [0, 0.1) is 0 Å². The van der Waals surface area contributed by atoms with Crippen molar-refractivity contribution in [2.75, 3.05) is 6.79 Å². The van der Waals surface area contributed by atoms with Crippen LogP contribution in [0.3, 0.4) is 0 Å². The number of aryl methyl sites for hydroxylation is 1. The molecule has 21 heavy (non-hydrogen) atoms. The zero-order valence-electron chi connectivity index (χ0n) is 12.1. The highest BCUT2D eigenvalue weighted by Gasteiger charge is 2.25. The standard InChI is InChI=1S/C15H18N2O4/c1-3-5-14-16-9-6-12-13(21-8-20-12)7-11(9)17(14)10(4-2)15(18)19/h6-7,10H,3-5,8H2,1-2H3,(H,18,19). The fraction of sp³-hybridized carbons (Fsp3) is 0.467. The van der Waals surface area contributed by atoms with E-state index in [2.05, 4.69) is 11.9 Å². The number of aromatic nitrogens is 2. The fourth-order valence-electron chi connectivity index (χ4n) is 2.75. The minimum atomic E-state index is -0.841. The molecule has 0 aliphatic carbocycles. The van der Waals surface area contributed by atoms with Crippen LogP contribution in [0.4, 0.5) is 0 Å². The topological polar surface area (TPSA) is 73.6 Å². The fourth-order valence-corrected chi connectivity index (χ4v) is 2.75. The van der Waals surface area contributed by atoms with Crippen molar-refractivity contribution in [1.82, 2.24) is 9.55 Å². The van der Waals surface area contributed by atoms with Gasteiger partial charge in [0.15, 0.2) is 11.5 Å². The summed E-state index contributed by atoms with van der Waals surface area (Å²) in [6, 6.07) is 3.04. The van der Waals surface area contributed by atoms with E-state index >= 15 is 0 Å². The molecule has 1 unspecified atom stereocenters. The lowest BCUT2D eigenvalue weighted by atomic mass is 10.2. The third-order valence-corrected chi connectivity index (χ3v) is 3.71. The Morgan fingerprint density at radius 2 is 2.10 bits per heavy atom. The van der Waals surface area contributed by atoms with Crippen LogP contribution in [0.5, 0.6) is 11.5 Å². The van der Waals surface area contributed by atoms with Crippen molar-refractivity contribution < 1.29 is 19.4 Å². The number of hydrogen-bond acceptors (Lipinski definition) is 4. The zero-order valence-corrected chi connectivity index (χ0v) is 12.1. The van der Waals surface area contributed by atoms with Crippen molar-refractivity contribution in [2.45, 2.75) is 39.2 Å². The van der Waals surface area contributed by atoms with Gasteiger partial charge in [-0.1, -0.05) is 13.8 Å². The number of benzene rings is 1. The van der Waals surface area contributed by atoms with Crippen molar-refractivity contribution in [3.63, 3.8) is 0 Å². The molecule has 1 aliphatic rings. The van der Waals surface area contributed by atoms with Gasteiger partial charge < -0.3 is 19.1 Å². The van der Waals surface area contributed by atoms with Gasteiger partial charge in [-0.25, -0.2) is 9.78 Å². The summed E-state index contributed by atoms with van der Waals surface area (Å²) in [4.78, 5) is 16.2. The monoisotopic (exact) mass is 290 g/mol. The van der Waals surface area contributed by atoms with Gasteiger partial charge in [0.25, 0.3) is 0 Å². The number of imidazole rings is 1. The van der Waals surface area contributed by atoms with E-state index in [1.165, 1.54) is 0 Å². The van der Waals surface area contributed by atoms with Gasteiger partial charge in [0.2, 0.25) is 6.79 Å². The molecule has 2 heterocycles. The van der Waals surface area contributed by atoms with E-state index in [1.807, 2.05) is 23.6 Å². The SMILES string of the molecule is CCCc1nc2cc3c(cc2n1C(CC)C(=O)O)OCO3. The van der Waals surface area contributed by atoms with Crippen LogP contribution in [-0.2, 0) is 11.2 Å². The van der Waals surface area contributed by atoms with Crippen LogP contribution in [0.15, 0.2) is 12.1 Å². The maximum Gasteiger partial charge on any atom is 0.326 e. The lowest BCUT2D eigenvalue weighted by molar-refractivity contribution is -0.140. The maximum atomic E-state index is 11.6. The smallest absolute Gasteiger partial charge is 0.326 e. The summed E-state index contributed by atoms with van der Waals surface area (Å²) < 4.78 is 12.6. The Kier molecular flexibility index (Phi) is 3.45. The number of fused-ring (bicyclic) bond motifs is 2. The van der Waals surface area contributed by atoms with Gasteiger partial charge in [0.1, 0.15) is 11.9 Å². The minimum Gasteiger partial charge on any atom is -0.480 e. The molecule has 0 saturated carbocycles. The molecule has 1 N–H and O–H groups in total. The zero-order chi connectivity index (χ0) is 15.0. The molecule has 0 radical (unpaired) electrons. The highest BCUT2D eigenvalue weighted by molar-refractivity contribution is 5.83. The van der Waals surface area contributed by atoms with E-state index in [4.69, 9.17) is 9.47 Å². The van der Waals surface area contributed by atoms with Crippen LogP contribution in [-0.4, -0.2) is 27.4 Å². The summed E-state index contributed by atoms with van der Waals surface area (Å²) in [5.41, 5.74) is 1.54. The van der Waals surface area contributed by atoms with E-state index in [0.29, 0.717) is 17.9 Å². The van der Waals surface area contributed by atoms with Gasteiger partial charge in [0.05, 0.1) is 11.0 Å². The molecular weight excluding hydrogens is 272 g/mol. The molecule has 0 bridgehead atoms. The van der Waals surface area contributed by atoms with Crippen LogP contribution in [0.2, 0.25) is 0 Å². The summed E-state index contributed by atoms with van der Waals surface area (Å²) in [5.74, 6) is 1.27. The number of ether oxygens (including phenoxy) is 2. The summed E-state index contributed by atoms with van der Waals surface area (Å²) in [6.45, 7) is 4.12. The molecule has 0 saturated heterocycles. The molecule has 0 fully saturated rings. The van der Waals surface area contributed by atoms with Crippen LogP contribution in [0.25, 0.3) is 11.0 Å². The second-order valence-electron chi connectivity index (χ2n) is 5.10. The molecule has 2 aromatic rings. The number of rotatable bonds is 5. The molecule has 1 aliphatic heterocycles. The number of carboxylic acid groups (broad SMARTS) is 1. The summed E-state index contributed by atoms with van der Waals surface area (Å²) >= 11 is 0. The highest BCUT2D eigenvalue weighted by atomic mass is 16.7. The number of aliphatic carboxylic acids is 1. The molecule has 1 aromatic carbocycles. The summed E-state index contributed by atoms with van der Waals surface area (Å²) in [6.07, 6.45) is 2.16. The van der Waals surface area contributed by atoms with Crippen LogP contribution < -0.4 is 9.47 Å². The Morgan fingerprint density at radius 3 is 2.71 bits per heavy atom. The van der Waals surface area contributed by atoms with Crippen molar-refractivity contribution in [3.05, 3.63) is 18.0 Å². The van der Waals surface area contributed by atoms with E-state index in [0.717, 1.165) is 29.7 Å². The molecule has 6 heteroatoms. The molecule has 3 rings (SSSR count). The summed E-state index contributed by atoms with van der Waals surface area (Å²) in [7, 11) is 0.